The topological polar surface area (TPSA) is 78.0 Å². The molecule has 0 aliphatic carbocycles. The Kier molecular flexibility index (Phi) is 4.91. The third kappa shape index (κ3) is 3.88. The number of likely N-dealkylation sites (tertiary alicyclic amines) is 1. The molecule has 2 amide bonds. The monoisotopic (exact) mass is 385 g/mol. The summed E-state index contributed by atoms with van der Waals surface area (Å²) in [6.07, 6.45) is 1.94. The highest BCUT2D eigenvalue weighted by Crippen LogP contribution is 2.34. The van der Waals surface area contributed by atoms with Crippen molar-refractivity contribution in [2.45, 2.75) is 18.4 Å². The zero-order valence-corrected chi connectivity index (χ0v) is 16.1. The minimum Gasteiger partial charge on any atom is -0.341 e. The Morgan fingerprint density at radius 3 is 2.76 bits per heavy atom. The summed E-state index contributed by atoms with van der Waals surface area (Å²) in [4.78, 5) is 30.4. The number of hydrogen-bond acceptors (Lipinski definition) is 6. The highest BCUT2D eigenvalue weighted by atomic mass is 32.2. The normalized spacial score (nSPS) is 25.1. The van der Waals surface area contributed by atoms with E-state index in [1.807, 2.05) is 28.8 Å². The molecule has 2 aliphatic heterocycles. The molecule has 1 aromatic heterocycles. The zero-order valence-electron chi connectivity index (χ0n) is 14.5. The molecule has 0 radical (unpaired) electrons. The Balaban J connectivity index is 1.71. The molecule has 1 aromatic rings. The van der Waals surface area contributed by atoms with E-state index in [0.717, 1.165) is 18.4 Å². The van der Waals surface area contributed by atoms with Crippen LogP contribution in [0.3, 0.4) is 0 Å². The first-order chi connectivity index (χ1) is 11.7. The Hall–Kier alpha value is -1.45. The maximum absolute atomic E-state index is 12.4. The number of piperazine rings is 1. The summed E-state index contributed by atoms with van der Waals surface area (Å²) in [5, 5.41) is 3.91. The number of anilines is 1. The Morgan fingerprint density at radius 1 is 1.36 bits per heavy atom. The number of sulfone groups is 1. The van der Waals surface area contributed by atoms with Crippen molar-refractivity contribution in [1.82, 2.24) is 9.80 Å². The van der Waals surface area contributed by atoms with Crippen molar-refractivity contribution >= 4 is 38.7 Å². The highest BCUT2D eigenvalue weighted by Gasteiger charge is 2.48. The molecule has 1 atom stereocenters. The summed E-state index contributed by atoms with van der Waals surface area (Å²) < 4.78 is 22.6. The standard InChI is InChI=1S/C16H23N3O4S2/c1-17-9-15(21)19(13-3-7-24-10-13)12-16(17)5-6-18(11-16)14(20)4-8-25(2,22)23/h3,7,10H,4-6,8-9,11-12H2,1-2H3. The number of carbonyl (C=O) groups is 2. The highest BCUT2D eigenvalue weighted by molar-refractivity contribution is 7.90. The number of likely N-dealkylation sites (N-methyl/N-ethyl adjacent to an activating group) is 1. The first-order valence-electron chi connectivity index (χ1n) is 8.19. The minimum atomic E-state index is -3.15. The fraction of sp³-hybridized carbons (Fsp3) is 0.625. The van der Waals surface area contributed by atoms with Crippen LogP contribution < -0.4 is 4.90 Å². The summed E-state index contributed by atoms with van der Waals surface area (Å²) in [6.45, 7) is 1.99. The lowest BCUT2D eigenvalue weighted by molar-refractivity contribution is -0.130. The predicted octanol–water partition coefficient (Wildman–Crippen LogP) is 0.432. The molecule has 0 aromatic carbocycles. The van der Waals surface area contributed by atoms with Crippen LogP contribution >= 0.6 is 11.3 Å². The SMILES string of the molecule is CN1CC(=O)N(c2ccsc2)CC12CCN(C(=O)CCS(C)(=O)=O)C2. The summed E-state index contributed by atoms with van der Waals surface area (Å²) in [5.41, 5.74) is 0.640. The molecule has 0 N–H and O–H groups in total. The third-order valence-electron chi connectivity index (χ3n) is 5.13. The predicted molar refractivity (Wildman–Crippen MR) is 97.6 cm³/mol. The van der Waals surface area contributed by atoms with Gasteiger partial charge in [0.05, 0.1) is 23.5 Å². The van der Waals surface area contributed by atoms with Crippen LogP contribution in [0, 0.1) is 0 Å². The van der Waals surface area contributed by atoms with E-state index in [2.05, 4.69) is 0 Å². The second kappa shape index (κ2) is 6.69. The van der Waals surface area contributed by atoms with Gasteiger partial charge in [-0.1, -0.05) is 0 Å². The van der Waals surface area contributed by atoms with Crippen molar-refractivity contribution in [3.63, 3.8) is 0 Å². The Bertz CT molecular complexity index is 762. The number of amides is 2. The van der Waals surface area contributed by atoms with Gasteiger partial charge in [0.2, 0.25) is 11.8 Å². The van der Waals surface area contributed by atoms with Crippen molar-refractivity contribution in [2.24, 2.45) is 0 Å². The molecule has 2 fully saturated rings. The van der Waals surface area contributed by atoms with Crippen molar-refractivity contribution in [1.29, 1.82) is 0 Å². The Morgan fingerprint density at radius 2 is 2.12 bits per heavy atom. The molecule has 3 heterocycles. The van der Waals surface area contributed by atoms with Gasteiger partial charge in [-0.3, -0.25) is 14.5 Å². The van der Waals surface area contributed by atoms with E-state index < -0.39 is 9.84 Å². The fourth-order valence-electron chi connectivity index (χ4n) is 3.55. The van der Waals surface area contributed by atoms with Gasteiger partial charge in [0.1, 0.15) is 9.84 Å². The number of carbonyl (C=O) groups excluding carboxylic acids is 2. The first-order valence-corrected chi connectivity index (χ1v) is 11.2. The molecule has 0 saturated carbocycles. The average molecular weight is 386 g/mol. The van der Waals surface area contributed by atoms with Gasteiger partial charge in [-0.15, -0.1) is 0 Å². The summed E-state index contributed by atoms with van der Waals surface area (Å²) in [7, 11) is -1.22. The number of hydrogen-bond donors (Lipinski definition) is 0. The van der Waals surface area contributed by atoms with Gasteiger partial charge in [0.25, 0.3) is 0 Å². The van der Waals surface area contributed by atoms with Crippen molar-refractivity contribution in [2.75, 3.05) is 50.1 Å². The number of nitrogens with zero attached hydrogens (tertiary/aromatic N) is 3. The average Bonchev–Trinajstić information content (AvgIpc) is 3.18. The van der Waals surface area contributed by atoms with Gasteiger partial charge in [0, 0.05) is 37.7 Å². The molecule has 7 nitrogen and oxygen atoms in total. The quantitative estimate of drug-likeness (QED) is 0.751. The van der Waals surface area contributed by atoms with E-state index in [1.165, 1.54) is 0 Å². The molecule has 9 heteroatoms. The van der Waals surface area contributed by atoms with Crippen LogP contribution in [0.15, 0.2) is 16.8 Å². The van der Waals surface area contributed by atoms with E-state index in [0.29, 0.717) is 26.2 Å². The van der Waals surface area contributed by atoms with E-state index >= 15 is 0 Å². The molecule has 1 spiro atoms. The molecule has 0 bridgehead atoms. The van der Waals surface area contributed by atoms with Gasteiger partial charge in [-0.25, -0.2) is 8.42 Å². The van der Waals surface area contributed by atoms with Crippen molar-refractivity contribution in [3.05, 3.63) is 16.8 Å². The molecule has 3 rings (SSSR count). The smallest absolute Gasteiger partial charge is 0.241 e. The molecular formula is C16H23N3O4S2. The second-order valence-corrected chi connectivity index (χ2v) is 10.0. The van der Waals surface area contributed by atoms with Crippen molar-refractivity contribution in [3.8, 4) is 0 Å². The third-order valence-corrected chi connectivity index (χ3v) is 6.74. The number of thiophene rings is 1. The van der Waals surface area contributed by atoms with Crippen LogP contribution in [0.1, 0.15) is 12.8 Å². The van der Waals surface area contributed by atoms with E-state index in [9.17, 15) is 18.0 Å². The van der Waals surface area contributed by atoms with Crippen LogP contribution in [0.5, 0.6) is 0 Å². The fourth-order valence-corrected chi connectivity index (χ4v) is 4.73. The van der Waals surface area contributed by atoms with Gasteiger partial charge in [0.15, 0.2) is 0 Å². The maximum atomic E-state index is 12.4. The minimum absolute atomic E-state index is 0.0196. The van der Waals surface area contributed by atoms with E-state index in [-0.39, 0.29) is 29.5 Å². The maximum Gasteiger partial charge on any atom is 0.241 e. The van der Waals surface area contributed by atoms with Crippen LogP contribution in [0.25, 0.3) is 0 Å². The lowest BCUT2D eigenvalue weighted by Gasteiger charge is -2.46. The van der Waals surface area contributed by atoms with Crippen LogP contribution in [-0.4, -0.2) is 80.8 Å². The molecule has 2 aliphatic rings. The molecule has 138 valence electrons. The van der Waals surface area contributed by atoms with Gasteiger partial charge >= 0.3 is 0 Å². The molecule has 25 heavy (non-hydrogen) atoms. The van der Waals surface area contributed by atoms with Gasteiger partial charge in [-0.05, 0) is 24.9 Å². The molecule has 2 saturated heterocycles. The zero-order chi connectivity index (χ0) is 18.2. The summed E-state index contributed by atoms with van der Waals surface area (Å²) in [6, 6.07) is 1.94. The van der Waals surface area contributed by atoms with Gasteiger partial charge in [-0.2, -0.15) is 11.3 Å². The lowest BCUT2D eigenvalue weighted by atomic mass is 9.93. The first kappa shape index (κ1) is 18.3. The molecule has 1 unspecified atom stereocenters. The van der Waals surface area contributed by atoms with Gasteiger partial charge < -0.3 is 9.80 Å². The lowest BCUT2D eigenvalue weighted by Crippen LogP contribution is -2.64. The van der Waals surface area contributed by atoms with Crippen LogP contribution in [0.2, 0.25) is 0 Å². The largest absolute Gasteiger partial charge is 0.341 e. The second-order valence-electron chi connectivity index (χ2n) is 6.99. The number of rotatable bonds is 4. The summed E-state index contributed by atoms with van der Waals surface area (Å²) in [5.74, 6) is -0.187. The Labute approximate surface area is 152 Å². The van der Waals surface area contributed by atoms with Crippen LogP contribution in [0.4, 0.5) is 5.69 Å². The molecular weight excluding hydrogens is 362 g/mol. The summed E-state index contributed by atoms with van der Waals surface area (Å²) >= 11 is 1.55. The van der Waals surface area contributed by atoms with E-state index in [4.69, 9.17) is 0 Å². The van der Waals surface area contributed by atoms with Crippen molar-refractivity contribution < 1.29 is 18.0 Å². The van der Waals surface area contributed by atoms with Crippen LogP contribution in [-0.2, 0) is 19.4 Å². The van der Waals surface area contributed by atoms with E-state index in [1.54, 1.807) is 21.1 Å².